The minimum atomic E-state index is -0.363. The maximum Gasteiger partial charge on any atom is 0.224 e. The van der Waals surface area contributed by atoms with Crippen LogP contribution in [0.4, 0.5) is 0 Å². The number of hydrogen-bond acceptors (Lipinski definition) is 2. The Kier molecular flexibility index (Phi) is 4.66. The predicted molar refractivity (Wildman–Crippen MR) is 126 cm³/mol. The number of rotatable bonds is 2. The van der Waals surface area contributed by atoms with Crippen molar-refractivity contribution >= 4 is 33.6 Å². The van der Waals surface area contributed by atoms with Crippen molar-refractivity contribution in [3.8, 4) is 0 Å². The van der Waals surface area contributed by atoms with Crippen LogP contribution >= 0.6 is 0 Å². The maximum absolute atomic E-state index is 12.8. The van der Waals surface area contributed by atoms with Crippen LogP contribution in [0, 0.1) is 0 Å². The molecule has 0 bridgehead atoms. The Bertz CT molecular complexity index is 1290. The summed E-state index contributed by atoms with van der Waals surface area (Å²) in [5.41, 5.74) is 4.22. The molecule has 0 saturated carbocycles. The molecule has 162 valence electrons. The van der Waals surface area contributed by atoms with Crippen LogP contribution in [-0.4, -0.2) is 30.7 Å². The van der Waals surface area contributed by atoms with E-state index in [1.165, 1.54) is 0 Å². The van der Waals surface area contributed by atoms with Gasteiger partial charge in [-0.2, -0.15) is 0 Å². The summed E-state index contributed by atoms with van der Waals surface area (Å²) in [4.78, 5) is 29.1. The molecule has 0 unspecified atom stereocenters. The topological polar surface area (TPSA) is 50.5 Å². The van der Waals surface area contributed by atoms with Crippen molar-refractivity contribution in [2.45, 2.75) is 25.9 Å². The molecular formula is C26H26N4O2. The molecule has 2 amide bonds. The first-order valence-corrected chi connectivity index (χ1v) is 10.7. The van der Waals surface area contributed by atoms with Gasteiger partial charge in [-0.3, -0.25) is 9.59 Å². The number of aromatic nitrogens is 2. The largest absolute Gasteiger partial charge is 0.350 e. The van der Waals surface area contributed by atoms with E-state index < -0.39 is 0 Å². The van der Waals surface area contributed by atoms with Crippen molar-refractivity contribution in [3.63, 3.8) is 0 Å². The molecule has 0 N–H and O–H groups in total. The van der Waals surface area contributed by atoms with Gasteiger partial charge < -0.3 is 18.9 Å². The van der Waals surface area contributed by atoms with Crippen LogP contribution in [0.1, 0.15) is 37.1 Å². The zero-order valence-corrected chi connectivity index (χ0v) is 18.7. The molecule has 3 heterocycles. The fourth-order valence-corrected chi connectivity index (χ4v) is 5.09. The average molecular weight is 427 g/mol. The second-order valence-electron chi connectivity index (χ2n) is 8.47. The third kappa shape index (κ3) is 2.94. The number of benzene rings is 2. The van der Waals surface area contributed by atoms with E-state index >= 15 is 0 Å². The van der Waals surface area contributed by atoms with E-state index in [4.69, 9.17) is 0 Å². The van der Waals surface area contributed by atoms with Gasteiger partial charge in [0, 0.05) is 85.7 Å². The van der Waals surface area contributed by atoms with Crippen LogP contribution in [0.3, 0.4) is 0 Å². The molecule has 5 rings (SSSR count). The van der Waals surface area contributed by atoms with Crippen LogP contribution in [0.2, 0.25) is 0 Å². The molecule has 6 nitrogen and oxygen atoms in total. The lowest BCUT2D eigenvalue weighted by Crippen LogP contribution is -2.44. The van der Waals surface area contributed by atoms with Gasteiger partial charge in [0.15, 0.2) is 0 Å². The van der Waals surface area contributed by atoms with Crippen molar-refractivity contribution in [1.82, 2.24) is 18.9 Å². The quantitative estimate of drug-likeness (QED) is 0.469. The van der Waals surface area contributed by atoms with Gasteiger partial charge in [0.2, 0.25) is 11.8 Å². The Balaban J connectivity index is 1.83. The van der Waals surface area contributed by atoms with Crippen molar-refractivity contribution in [1.29, 1.82) is 0 Å². The lowest BCUT2D eigenvalue weighted by molar-refractivity contribution is -0.136. The van der Waals surface area contributed by atoms with Crippen LogP contribution in [0.15, 0.2) is 73.3 Å². The van der Waals surface area contributed by atoms with Crippen LogP contribution in [0.5, 0.6) is 0 Å². The summed E-state index contributed by atoms with van der Waals surface area (Å²) >= 11 is 0. The van der Waals surface area contributed by atoms with Crippen molar-refractivity contribution < 1.29 is 9.59 Å². The lowest BCUT2D eigenvalue weighted by Gasteiger charge is -2.43. The summed E-state index contributed by atoms with van der Waals surface area (Å²) in [5, 5.41) is 2.16. The third-order valence-electron chi connectivity index (χ3n) is 6.51. The molecular weight excluding hydrogens is 400 g/mol. The smallest absolute Gasteiger partial charge is 0.224 e. The molecule has 2 aromatic carbocycles. The molecule has 1 aliphatic rings. The second kappa shape index (κ2) is 7.41. The van der Waals surface area contributed by atoms with E-state index in [1.54, 1.807) is 36.0 Å². The SMILES string of the molecule is CC(=O)N1C=CN(C(C)=O)[C@@H](c2cn(C)c3ccccc23)[C@@H]1c1cn(C)c2ccccc12. The minimum absolute atomic E-state index is 0.0624. The Labute approximate surface area is 186 Å². The van der Waals surface area contributed by atoms with Gasteiger partial charge in [0.05, 0.1) is 12.1 Å². The number of para-hydroxylation sites is 2. The highest BCUT2D eigenvalue weighted by Crippen LogP contribution is 2.46. The van der Waals surface area contributed by atoms with E-state index in [2.05, 4.69) is 45.8 Å². The molecule has 0 saturated heterocycles. The number of carbonyl (C=O) groups excluding carboxylic acids is 2. The monoisotopic (exact) mass is 426 g/mol. The number of fused-ring (bicyclic) bond motifs is 2. The molecule has 6 heteroatoms. The zero-order chi connectivity index (χ0) is 22.6. The van der Waals surface area contributed by atoms with Crippen LogP contribution < -0.4 is 0 Å². The Morgan fingerprint density at radius 1 is 0.656 bits per heavy atom. The fraction of sp³-hybridized carbons (Fsp3) is 0.231. The molecule has 2 atom stereocenters. The minimum Gasteiger partial charge on any atom is -0.350 e. The van der Waals surface area contributed by atoms with Crippen molar-refractivity contribution in [3.05, 3.63) is 84.5 Å². The Morgan fingerprint density at radius 3 is 1.41 bits per heavy atom. The van der Waals surface area contributed by atoms with Gasteiger partial charge in [-0.15, -0.1) is 0 Å². The normalized spacial score (nSPS) is 18.6. The van der Waals surface area contributed by atoms with Crippen molar-refractivity contribution in [2.75, 3.05) is 0 Å². The number of carbonyl (C=O) groups is 2. The average Bonchev–Trinajstić information content (AvgIpc) is 3.30. The van der Waals surface area contributed by atoms with Gasteiger partial charge in [-0.25, -0.2) is 0 Å². The van der Waals surface area contributed by atoms with E-state index in [-0.39, 0.29) is 23.9 Å². The number of amides is 2. The highest BCUT2D eigenvalue weighted by Gasteiger charge is 2.41. The van der Waals surface area contributed by atoms with E-state index in [1.807, 2.05) is 38.4 Å². The van der Waals surface area contributed by atoms with Crippen LogP contribution in [0.25, 0.3) is 21.8 Å². The van der Waals surface area contributed by atoms with Crippen molar-refractivity contribution in [2.24, 2.45) is 14.1 Å². The third-order valence-corrected chi connectivity index (χ3v) is 6.51. The second-order valence-corrected chi connectivity index (χ2v) is 8.47. The molecule has 0 aliphatic carbocycles. The molecule has 2 aromatic heterocycles. The zero-order valence-electron chi connectivity index (χ0n) is 18.7. The summed E-state index contributed by atoms with van der Waals surface area (Å²) in [6, 6.07) is 15.6. The predicted octanol–water partition coefficient (Wildman–Crippen LogP) is 4.63. The molecule has 0 radical (unpaired) electrons. The standard InChI is InChI=1S/C26H26N4O2/c1-17(31)29-13-14-30(18(2)32)26(22-16-28(4)24-12-8-6-10-20(22)24)25(29)21-15-27(3)23-11-7-5-9-19(21)23/h5-16,25-26H,1-4H3/t25-,26-/m0/s1. The van der Waals surface area contributed by atoms with E-state index in [9.17, 15) is 9.59 Å². The fourth-order valence-electron chi connectivity index (χ4n) is 5.09. The van der Waals surface area contributed by atoms with E-state index in [0.717, 1.165) is 32.9 Å². The number of hydrogen-bond donors (Lipinski definition) is 0. The summed E-state index contributed by atoms with van der Waals surface area (Å²) < 4.78 is 4.17. The van der Waals surface area contributed by atoms with Crippen LogP contribution in [-0.2, 0) is 23.7 Å². The summed E-state index contributed by atoms with van der Waals surface area (Å²) in [6.45, 7) is 3.15. The molecule has 1 aliphatic heterocycles. The van der Waals surface area contributed by atoms with Gasteiger partial charge in [0.25, 0.3) is 0 Å². The molecule has 0 spiro atoms. The molecule has 4 aromatic rings. The number of nitrogens with zero attached hydrogens (tertiary/aromatic N) is 4. The summed E-state index contributed by atoms with van der Waals surface area (Å²) in [5.74, 6) is -0.125. The van der Waals surface area contributed by atoms with Gasteiger partial charge >= 0.3 is 0 Å². The first-order valence-electron chi connectivity index (χ1n) is 10.7. The summed E-state index contributed by atoms with van der Waals surface area (Å²) in [6.07, 6.45) is 7.64. The first kappa shape index (κ1) is 20.1. The maximum atomic E-state index is 12.8. The van der Waals surface area contributed by atoms with Gasteiger partial charge in [0.1, 0.15) is 0 Å². The highest BCUT2D eigenvalue weighted by atomic mass is 16.2. The first-order chi connectivity index (χ1) is 15.4. The summed E-state index contributed by atoms with van der Waals surface area (Å²) in [7, 11) is 4.02. The molecule has 0 fully saturated rings. The van der Waals surface area contributed by atoms with E-state index in [0.29, 0.717) is 0 Å². The Morgan fingerprint density at radius 2 is 1.03 bits per heavy atom. The molecule has 32 heavy (non-hydrogen) atoms. The number of aryl methyl sites for hydroxylation is 2. The Hall–Kier alpha value is -3.80. The lowest BCUT2D eigenvalue weighted by atomic mass is 9.89. The van der Waals surface area contributed by atoms with Gasteiger partial charge in [-0.05, 0) is 12.1 Å². The highest BCUT2D eigenvalue weighted by molar-refractivity contribution is 5.89. The van der Waals surface area contributed by atoms with Gasteiger partial charge in [-0.1, -0.05) is 36.4 Å².